The van der Waals surface area contributed by atoms with Gasteiger partial charge in [-0.05, 0) is 25.0 Å². The third-order valence-electron chi connectivity index (χ3n) is 2.73. The lowest BCUT2D eigenvalue weighted by molar-refractivity contribution is -0.116. The van der Waals surface area contributed by atoms with Crippen molar-refractivity contribution in [2.24, 2.45) is 0 Å². The van der Waals surface area contributed by atoms with Crippen molar-refractivity contribution in [1.29, 1.82) is 0 Å². The smallest absolute Gasteiger partial charge is 0.238 e. The fraction of sp³-hybridized carbons (Fsp3) is 0.429. The van der Waals surface area contributed by atoms with Crippen LogP contribution in [0.3, 0.4) is 0 Å². The monoisotopic (exact) mass is 404 g/mol. The summed E-state index contributed by atoms with van der Waals surface area (Å²) in [5.41, 5.74) is 1.19. The van der Waals surface area contributed by atoms with Crippen molar-refractivity contribution in [3.8, 4) is 0 Å². The molecule has 1 aromatic carbocycles. The van der Waals surface area contributed by atoms with Crippen molar-refractivity contribution in [3.63, 3.8) is 0 Å². The van der Waals surface area contributed by atoms with Gasteiger partial charge in [-0.2, -0.15) is 0 Å². The van der Waals surface area contributed by atoms with Crippen molar-refractivity contribution >= 4 is 55.0 Å². The van der Waals surface area contributed by atoms with E-state index in [9.17, 15) is 9.59 Å². The Hall–Kier alpha value is -0.880. The second-order valence-corrected chi connectivity index (χ2v) is 6.49. The molecule has 20 heavy (non-hydrogen) atoms. The molecule has 0 aliphatic heterocycles. The zero-order valence-corrected chi connectivity index (χ0v) is 14.6. The number of hydrogen-bond acceptors (Lipinski definition) is 2. The number of carbonyl (C=O) groups excluding carboxylic acids is 2. The van der Waals surface area contributed by atoms with Crippen molar-refractivity contribution in [1.82, 2.24) is 0 Å². The molecule has 4 nitrogen and oxygen atoms in total. The second kappa shape index (κ2) is 8.42. The number of benzene rings is 1. The molecule has 110 valence electrons. The molecule has 0 aromatic heterocycles. The molecule has 0 aliphatic rings. The molecule has 2 N–H and O–H groups in total. The molecule has 0 saturated carbocycles. The number of hydrogen-bond donors (Lipinski definition) is 2. The Morgan fingerprint density at radius 1 is 0.950 bits per heavy atom. The molecule has 0 spiro atoms. The van der Waals surface area contributed by atoms with E-state index < -0.39 is 0 Å². The van der Waals surface area contributed by atoms with E-state index in [-0.39, 0.29) is 21.5 Å². The number of rotatable bonds is 6. The normalized spacial score (nSPS) is 13.4. The Kier molecular flexibility index (Phi) is 7.23. The number of amides is 2. The van der Waals surface area contributed by atoms with Crippen LogP contribution in [0, 0.1) is 0 Å². The van der Waals surface area contributed by atoms with E-state index in [1.165, 1.54) is 0 Å². The second-order valence-electron chi connectivity index (χ2n) is 4.28. The molecule has 1 rings (SSSR count). The van der Waals surface area contributed by atoms with Gasteiger partial charge in [-0.3, -0.25) is 9.59 Å². The zero-order chi connectivity index (χ0) is 15.1. The van der Waals surface area contributed by atoms with E-state index in [4.69, 9.17) is 0 Å². The van der Waals surface area contributed by atoms with Crippen molar-refractivity contribution in [2.75, 3.05) is 10.6 Å². The molecule has 0 aliphatic carbocycles. The van der Waals surface area contributed by atoms with Crippen molar-refractivity contribution in [3.05, 3.63) is 24.3 Å². The van der Waals surface area contributed by atoms with Gasteiger partial charge in [0.2, 0.25) is 11.8 Å². The minimum Gasteiger partial charge on any atom is -0.323 e. The molecule has 0 unspecified atom stereocenters. The Balaban J connectivity index is 2.83. The highest BCUT2D eigenvalue weighted by Gasteiger charge is 2.17. The van der Waals surface area contributed by atoms with Crippen LogP contribution in [0.4, 0.5) is 11.4 Å². The highest BCUT2D eigenvalue weighted by atomic mass is 79.9. The van der Waals surface area contributed by atoms with Crippen LogP contribution in [-0.2, 0) is 9.59 Å². The lowest BCUT2D eigenvalue weighted by Crippen LogP contribution is -2.25. The van der Waals surface area contributed by atoms with Crippen LogP contribution in [0.5, 0.6) is 0 Å². The van der Waals surface area contributed by atoms with Gasteiger partial charge in [-0.15, -0.1) is 0 Å². The fourth-order valence-electron chi connectivity index (χ4n) is 1.49. The number of nitrogens with one attached hydrogen (secondary N) is 2. The molecule has 6 heteroatoms. The minimum atomic E-state index is -0.245. The van der Waals surface area contributed by atoms with Crippen LogP contribution in [0.2, 0.25) is 0 Å². The average molecular weight is 406 g/mol. The molecule has 0 radical (unpaired) electrons. The summed E-state index contributed by atoms with van der Waals surface area (Å²) in [6, 6.07) is 7.15. The first-order chi connectivity index (χ1) is 9.49. The molecular weight excluding hydrogens is 388 g/mol. The van der Waals surface area contributed by atoms with Gasteiger partial charge in [0.15, 0.2) is 0 Å². The van der Waals surface area contributed by atoms with Crippen LogP contribution >= 0.6 is 31.9 Å². The minimum absolute atomic E-state index is 0.125. The maximum atomic E-state index is 11.9. The lowest BCUT2D eigenvalue weighted by Gasteiger charge is -2.15. The van der Waals surface area contributed by atoms with Crippen LogP contribution < -0.4 is 10.6 Å². The van der Waals surface area contributed by atoms with Gasteiger partial charge in [0.1, 0.15) is 0 Å². The summed E-state index contributed by atoms with van der Waals surface area (Å²) in [6.07, 6.45) is 1.39. The van der Waals surface area contributed by atoms with Crippen LogP contribution in [0.15, 0.2) is 24.3 Å². The summed E-state index contributed by atoms with van der Waals surface area (Å²) in [6.45, 7) is 3.84. The van der Waals surface area contributed by atoms with E-state index in [0.717, 1.165) is 0 Å². The molecule has 0 saturated heterocycles. The first-order valence-electron chi connectivity index (χ1n) is 6.48. The molecule has 0 bridgehead atoms. The molecular formula is C14H18Br2N2O2. The number of carbonyl (C=O) groups is 2. The lowest BCUT2D eigenvalue weighted by atomic mass is 10.2. The molecule has 0 heterocycles. The highest BCUT2D eigenvalue weighted by molar-refractivity contribution is 9.10. The quantitative estimate of drug-likeness (QED) is 0.705. The molecule has 2 atom stereocenters. The Morgan fingerprint density at radius 3 is 1.60 bits per heavy atom. The summed E-state index contributed by atoms with van der Waals surface area (Å²) >= 11 is 6.61. The summed E-state index contributed by atoms with van der Waals surface area (Å²) in [4.78, 5) is 23.3. The first kappa shape index (κ1) is 17.2. The maximum absolute atomic E-state index is 11.9. The average Bonchev–Trinajstić information content (AvgIpc) is 2.47. The standard InChI is InChI=1S/C14H18Br2N2O2/c1-3-9(15)13(19)17-11-7-5-6-8-12(11)18-14(20)10(16)4-2/h5-10H,3-4H2,1-2H3,(H,17,19)(H,18,20)/t9-,10-/m0/s1. The highest BCUT2D eigenvalue weighted by Crippen LogP contribution is 2.23. The molecule has 1 aromatic rings. The summed E-state index contributed by atoms with van der Waals surface area (Å²) in [5.74, 6) is -0.250. The molecule has 0 fully saturated rings. The number of alkyl halides is 2. The van der Waals surface area contributed by atoms with Gasteiger partial charge >= 0.3 is 0 Å². The largest absolute Gasteiger partial charge is 0.323 e. The first-order valence-corrected chi connectivity index (χ1v) is 8.31. The number of anilines is 2. The van der Waals surface area contributed by atoms with Gasteiger partial charge in [-0.1, -0.05) is 57.8 Å². The van der Waals surface area contributed by atoms with Crippen LogP contribution in [0.1, 0.15) is 26.7 Å². The van der Waals surface area contributed by atoms with Gasteiger partial charge in [0.25, 0.3) is 0 Å². The van der Waals surface area contributed by atoms with Crippen molar-refractivity contribution in [2.45, 2.75) is 36.3 Å². The summed E-state index contributed by atoms with van der Waals surface area (Å²) in [5, 5.41) is 5.62. The summed E-state index contributed by atoms with van der Waals surface area (Å²) in [7, 11) is 0. The van der Waals surface area contributed by atoms with Gasteiger partial charge < -0.3 is 10.6 Å². The van der Waals surface area contributed by atoms with Crippen LogP contribution in [-0.4, -0.2) is 21.5 Å². The van der Waals surface area contributed by atoms with E-state index in [2.05, 4.69) is 42.5 Å². The van der Waals surface area contributed by atoms with Gasteiger partial charge in [0, 0.05) is 0 Å². The molecule has 2 amide bonds. The summed E-state index contributed by atoms with van der Waals surface area (Å²) < 4.78 is 0. The topological polar surface area (TPSA) is 58.2 Å². The Morgan fingerprint density at radius 2 is 1.30 bits per heavy atom. The van der Waals surface area contributed by atoms with Gasteiger partial charge in [0.05, 0.1) is 21.0 Å². The number of halogens is 2. The van der Waals surface area contributed by atoms with Crippen LogP contribution in [0.25, 0.3) is 0 Å². The third-order valence-corrected chi connectivity index (χ3v) is 4.86. The Labute approximate surface area is 136 Å². The van der Waals surface area contributed by atoms with E-state index in [1.807, 2.05) is 26.0 Å². The predicted molar refractivity (Wildman–Crippen MR) is 89.7 cm³/mol. The third kappa shape index (κ3) is 4.90. The van der Waals surface area contributed by atoms with E-state index >= 15 is 0 Å². The Bertz CT molecular complexity index is 437. The maximum Gasteiger partial charge on any atom is 0.238 e. The van der Waals surface area contributed by atoms with Gasteiger partial charge in [-0.25, -0.2) is 0 Å². The zero-order valence-electron chi connectivity index (χ0n) is 11.5. The number of para-hydroxylation sites is 2. The fourth-order valence-corrected chi connectivity index (χ4v) is 1.72. The SMILES string of the molecule is CC[C@H](Br)C(=O)Nc1ccccc1NC(=O)[C@@H](Br)CC. The predicted octanol–water partition coefficient (Wildman–Crippen LogP) is 3.91. The van der Waals surface area contributed by atoms with Crippen molar-refractivity contribution < 1.29 is 9.59 Å². The van der Waals surface area contributed by atoms with E-state index in [0.29, 0.717) is 24.2 Å². The van der Waals surface area contributed by atoms with E-state index in [1.54, 1.807) is 12.1 Å².